The molecule has 0 aliphatic rings. The minimum absolute atomic E-state index is 0.0163. The summed E-state index contributed by atoms with van der Waals surface area (Å²) in [6, 6.07) is 4.77. The third-order valence-electron chi connectivity index (χ3n) is 1.82. The number of benzene rings is 1. The van der Waals surface area contributed by atoms with Crippen molar-refractivity contribution in [3.05, 3.63) is 34.3 Å². The van der Waals surface area contributed by atoms with Crippen LogP contribution in [0, 0.1) is 0 Å². The molecule has 0 spiro atoms. The number of rotatable bonds is 4. The number of amides is 2. The summed E-state index contributed by atoms with van der Waals surface area (Å²) in [6.45, 7) is 1.29. The normalized spacial score (nSPS) is 9.88. The molecule has 0 aliphatic heterocycles. The highest BCUT2D eigenvalue weighted by molar-refractivity contribution is 6.31. The molecule has 1 aromatic rings. The van der Waals surface area contributed by atoms with Gasteiger partial charge in [0, 0.05) is 23.1 Å². The molecule has 86 valence electrons. The van der Waals surface area contributed by atoms with E-state index in [0.29, 0.717) is 10.6 Å². The van der Waals surface area contributed by atoms with Crippen molar-refractivity contribution in [2.45, 2.75) is 13.5 Å². The summed E-state index contributed by atoms with van der Waals surface area (Å²) in [7, 11) is 0. The molecule has 0 bridgehead atoms. The van der Waals surface area contributed by atoms with Gasteiger partial charge in [-0.2, -0.15) is 0 Å². The van der Waals surface area contributed by atoms with E-state index in [1.807, 2.05) is 0 Å². The summed E-state index contributed by atoms with van der Waals surface area (Å²) in [4.78, 5) is 26.5. The van der Waals surface area contributed by atoms with E-state index in [1.165, 1.54) is 6.92 Å². The molecule has 0 fully saturated rings. The minimum Gasteiger partial charge on any atom is -0.366 e. The van der Waals surface area contributed by atoms with Crippen LogP contribution in [-0.4, -0.2) is 11.8 Å². The van der Waals surface area contributed by atoms with Crippen LogP contribution in [0.15, 0.2) is 18.2 Å². The Morgan fingerprint density at radius 2 is 2.19 bits per heavy atom. The van der Waals surface area contributed by atoms with Crippen LogP contribution in [0.2, 0.25) is 5.02 Å². The summed E-state index contributed by atoms with van der Waals surface area (Å²) < 4.78 is 0. The highest BCUT2D eigenvalue weighted by atomic mass is 35.5. The van der Waals surface area contributed by atoms with Crippen LogP contribution in [0.3, 0.4) is 0 Å². The van der Waals surface area contributed by atoms with Crippen LogP contribution in [0.4, 0.5) is 0 Å². The lowest BCUT2D eigenvalue weighted by molar-refractivity contribution is -0.132. The summed E-state index contributed by atoms with van der Waals surface area (Å²) in [5.41, 5.74) is 8.04. The van der Waals surface area contributed by atoms with Gasteiger partial charge in [-0.25, -0.2) is 5.48 Å². The number of hydroxylamine groups is 1. The fourth-order valence-electron chi connectivity index (χ4n) is 1.15. The zero-order chi connectivity index (χ0) is 12.1. The van der Waals surface area contributed by atoms with E-state index in [2.05, 4.69) is 5.48 Å². The van der Waals surface area contributed by atoms with Crippen molar-refractivity contribution in [2.75, 3.05) is 0 Å². The van der Waals surface area contributed by atoms with Gasteiger partial charge >= 0.3 is 0 Å². The van der Waals surface area contributed by atoms with Gasteiger partial charge in [0.05, 0.1) is 0 Å². The molecule has 16 heavy (non-hydrogen) atoms. The maximum Gasteiger partial charge on any atom is 0.249 e. The molecule has 6 heteroatoms. The van der Waals surface area contributed by atoms with E-state index < -0.39 is 5.91 Å². The molecule has 0 unspecified atom stereocenters. The van der Waals surface area contributed by atoms with Gasteiger partial charge in [-0.3, -0.25) is 14.4 Å². The Bertz CT molecular complexity index is 421. The van der Waals surface area contributed by atoms with Gasteiger partial charge in [-0.15, -0.1) is 0 Å². The third kappa shape index (κ3) is 3.22. The molecule has 0 aliphatic carbocycles. The molecule has 0 atom stereocenters. The number of carbonyl (C=O) groups is 2. The van der Waals surface area contributed by atoms with Crippen molar-refractivity contribution >= 4 is 23.4 Å². The van der Waals surface area contributed by atoms with E-state index in [-0.39, 0.29) is 18.1 Å². The largest absolute Gasteiger partial charge is 0.366 e. The van der Waals surface area contributed by atoms with Crippen molar-refractivity contribution in [2.24, 2.45) is 5.73 Å². The molecule has 0 heterocycles. The lowest BCUT2D eigenvalue weighted by atomic mass is 10.1. The SMILES string of the molecule is CC(=O)NOCc1c(Cl)cccc1C(N)=O. The highest BCUT2D eigenvalue weighted by Crippen LogP contribution is 2.20. The Morgan fingerprint density at radius 1 is 1.50 bits per heavy atom. The molecule has 2 amide bonds. The van der Waals surface area contributed by atoms with Crippen LogP contribution in [0.5, 0.6) is 0 Å². The van der Waals surface area contributed by atoms with Crippen LogP contribution >= 0.6 is 11.6 Å². The Labute approximate surface area is 97.5 Å². The van der Waals surface area contributed by atoms with E-state index in [9.17, 15) is 9.59 Å². The molecule has 1 aromatic carbocycles. The lowest BCUT2D eigenvalue weighted by Gasteiger charge is -2.09. The highest BCUT2D eigenvalue weighted by Gasteiger charge is 2.11. The van der Waals surface area contributed by atoms with Crippen molar-refractivity contribution in [3.63, 3.8) is 0 Å². The van der Waals surface area contributed by atoms with Gasteiger partial charge in [-0.1, -0.05) is 17.7 Å². The summed E-state index contributed by atoms with van der Waals surface area (Å²) in [5.74, 6) is -0.934. The van der Waals surface area contributed by atoms with Crippen molar-refractivity contribution in [1.29, 1.82) is 0 Å². The van der Waals surface area contributed by atoms with Crippen molar-refractivity contribution < 1.29 is 14.4 Å². The molecule has 1 rings (SSSR count). The molecule has 3 N–H and O–H groups in total. The summed E-state index contributed by atoms with van der Waals surface area (Å²) >= 11 is 5.89. The lowest BCUT2D eigenvalue weighted by Crippen LogP contribution is -2.21. The number of hydrogen-bond acceptors (Lipinski definition) is 3. The predicted octanol–water partition coefficient (Wildman–Crippen LogP) is 1.01. The molecule has 5 nitrogen and oxygen atoms in total. The standard InChI is InChI=1S/C10H11ClN2O3/c1-6(14)13-16-5-8-7(10(12)15)3-2-4-9(8)11/h2-4H,5H2,1H3,(H2,12,15)(H,13,14). The predicted molar refractivity (Wildman–Crippen MR) is 58.6 cm³/mol. The quantitative estimate of drug-likeness (QED) is 0.773. The maximum atomic E-state index is 11.1. The van der Waals surface area contributed by atoms with E-state index in [1.54, 1.807) is 18.2 Å². The first-order valence-electron chi connectivity index (χ1n) is 4.48. The summed E-state index contributed by atoms with van der Waals surface area (Å²) in [5, 5.41) is 0.363. The average Bonchev–Trinajstić information content (AvgIpc) is 2.19. The zero-order valence-corrected chi connectivity index (χ0v) is 9.38. The number of nitrogens with one attached hydrogen (secondary N) is 1. The van der Waals surface area contributed by atoms with Gasteiger partial charge < -0.3 is 5.73 Å². The van der Waals surface area contributed by atoms with Crippen LogP contribution < -0.4 is 11.2 Å². The van der Waals surface area contributed by atoms with Crippen LogP contribution in [-0.2, 0) is 16.2 Å². The summed E-state index contributed by atoms with van der Waals surface area (Å²) in [6.07, 6.45) is 0. The van der Waals surface area contributed by atoms with Gasteiger partial charge in [0.2, 0.25) is 11.8 Å². The first-order valence-corrected chi connectivity index (χ1v) is 4.85. The second kappa shape index (κ2) is 5.48. The number of hydrogen-bond donors (Lipinski definition) is 2. The van der Waals surface area contributed by atoms with Crippen LogP contribution in [0.25, 0.3) is 0 Å². The van der Waals surface area contributed by atoms with E-state index >= 15 is 0 Å². The molecule has 0 radical (unpaired) electrons. The Balaban J connectivity index is 2.84. The number of halogens is 1. The first kappa shape index (κ1) is 12.5. The van der Waals surface area contributed by atoms with Gasteiger partial charge in [0.25, 0.3) is 0 Å². The van der Waals surface area contributed by atoms with Crippen LogP contribution in [0.1, 0.15) is 22.8 Å². The topological polar surface area (TPSA) is 81.4 Å². The second-order valence-corrected chi connectivity index (χ2v) is 3.48. The molecular weight excluding hydrogens is 232 g/mol. The average molecular weight is 243 g/mol. The second-order valence-electron chi connectivity index (χ2n) is 3.08. The van der Waals surface area contributed by atoms with E-state index in [4.69, 9.17) is 22.2 Å². The minimum atomic E-state index is -0.594. The van der Waals surface area contributed by atoms with Crippen molar-refractivity contribution in [3.8, 4) is 0 Å². The number of nitrogens with two attached hydrogens (primary N) is 1. The third-order valence-corrected chi connectivity index (χ3v) is 2.17. The smallest absolute Gasteiger partial charge is 0.249 e. The zero-order valence-electron chi connectivity index (χ0n) is 8.62. The fourth-order valence-corrected chi connectivity index (χ4v) is 1.38. The molecule has 0 aromatic heterocycles. The van der Waals surface area contributed by atoms with Gasteiger partial charge in [0.1, 0.15) is 6.61 Å². The van der Waals surface area contributed by atoms with Gasteiger partial charge in [0.15, 0.2) is 0 Å². The number of primary amides is 1. The van der Waals surface area contributed by atoms with Crippen molar-refractivity contribution in [1.82, 2.24) is 5.48 Å². The molecular formula is C10H11ClN2O3. The monoisotopic (exact) mass is 242 g/mol. The maximum absolute atomic E-state index is 11.1. The first-order chi connectivity index (χ1) is 7.52. The molecule has 0 saturated carbocycles. The Kier molecular flexibility index (Phi) is 4.28. The number of carbonyl (C=O) groups excluding carboxylic acids is 2. The fraction of sp³-hybridized carbons (Fsp3) is 0.200. The van der Waals surface area contributed by atoms with Gasteiger partial charge in [-0.05, 0) is 12.1 Å². The Hall–Kier alpha value is -1.59. The Morgan fingerprint density at radius 3 is 2.75 bits per heavy atom. The molecule has 0 saturated heterocycles. The van der Waals surface area contributed by atoms with E-state index in [0.717, 1.165) is 0 Å².